The molecule has 2 rings (SSSR count). The first-order valence-corrected chi connectivity index (χ1v) is 10.8. The van der Waals surface area contributed by atoms with E-state index in [1.807, 2.05) is 41.3 Å². The molecule has 0 fully saturated rings. The van der Waals surface area contributed by atoms with E-state index in [-0.39, 0.29) is 5.91 Å². The first-order valence-electron chi connectivity index (χ1n) is 10.8. The molecule has 31 heavy (non-hydrogen) atoms. The molecule has 0 saturated carbocycles. The number of carbonyl (C=O) groups is 1. The van der Waals surface area contributed by atoms with Crippen molar-refractivity contribution in [2.75, 3.05) is 34.5 Å². The van der Waals surface area contributed by atoms with Gasteiger partial charge in [0.15, 0.2) is 11.5 Å². The van der Waals surface area contributed by atoms with Crippen molar-refractivity contribution in [2.24, 2.45) is 0 Å². The molecule has 0 aliphatic carbocycles. The van der Waals surface area contributed by atoms with Crippen LogP contribution in [0.4, 0.5) is 0 Å². The molecule has 0 spiro atoms. The van der Waals surface area contributed by atoms with Crippen molar-refractivity contribution in [2.45, 2.75) is 46.1 Å². The van der Waals surface area contributed by atoms with Crippen LogP contribution in [0.5, 0.6) is 23.0 Å². The van der Waals surface area contributed by atoms with Gasteiger partial charge in [-0.1, -0.05) is 19.9 Å². The first kappa shape index (κ1) is 24.4. The van der Waals surface area contributed by atoms with E-state index in [0.717, 1.165) is 41.2 Å². The fraction of sp³-hybridized carbons (Fsp3) is 0.480. The Kier molecular flexibility index (Phi) is 10.0. The van der Waals surface area contributed by atoms with E-state index in [1.165, 1.54) is 0 Å². The molecule has 0 radical (unpaired) electrons. The lowest BCUT2D eigenvalue weighted by atomic mass is 10.1. The van der Waals surface area contributed by atoms with E-state index in [0.29, 0.717) is 38.3 Å². The van der Waals surface area contributed by atoms with Gasteiger partial charge in [0.1, 0.15) is 11.5 Å². The highest BCUT2D eigenvalue weighted by Gasteiger charge is 2.16. The smallest absolute Gasteiger partial charge is 0.223 e. The Morgan fingerprint density at radius 3 is 2.26 bits per heavy atom. The van der Waals surface area contributed by atoms with E-state index in [2.05, 4.69) is 13.8 Å². The number of methoxy groups -OCH3 is 3. The van der Waals surface area contributed by atoms with Gasteiger partial charge in [-0.3, -0.25) is 4.79 Å². The van der Waals surface area contributed by atoms with Gasteiger partial charge in [0, 0.05) is 19.5 Å². The van der Waals surface area contributed by atoms with Gasteiger partial charge in [-0.15, -0.1) is 0 Å². The van der Waals surface area contributed by atoms with Crippen LogP contribution in [-0.4, -0.2) is 45.3 Å². The Hall–Kier alpha value is -2.89. The molecule has 2 aromatic carbocycles. The summed E-state index contributed by atoms with van der Waals surface area (Å²) in [5, 5.41) is 0. The molecular formula is C25H35NO5. The maximum Gasteiger partial charge on any atom is 0.223 e. The monoisotopic (exact) mass is 429 g/mol. The third kappa shape index (κ3) is 7.09. The molecule has 0 aliphatic heterocycles. The van der Waals surface area contributed by atoms with Crippen LogP contribution in [-0.2, 0) is 17.8 Å². The lowest BCUT2D eigenvalue weighted by Gasteiger charge is -2.23. The summed E-state index contributed by atoms with van der Waals surface area (Å²) in [6.07, 6.45) is 2.82. The number of rotatable bonds is 13. The van der Waals surface area contributed by atoms with Crippen molar-refractivity contribution in [1.29, 1.82) is 0 Å². The first-order chi connectivity index (χ1) is 15.1. The van der Waals surface area contributed by atoms with Crippen LogP contribution in [0.3, 0.4) is 0 Å². The highest BCUT2D eigenvalue weighted by Crippen LogP contribution is 2.29. The van der Waals surface area contributed by atoms with E-state index in [1.54, 1.807) is 21.3 Å². The number of ether oxygens (including phenoxy) is 4. The lowest BCUT2D eigenvalue weighted by Crippen LogP contribution is -2.31. The third-order valence-electron chi connectivity index (χ3n) is 5.01. The van der Waals surface area contributed by atoms with Crippen LogP contribution in [0.25, 0.3) is 0 Å². The molecule has 0 N–H and O–H groups in total. The Morgan fingerprint density at radius 1 is 0.871 bits per heavy atom. The standard InChI is InChI=1S/C25H35NO5/c1-6-14-26(18-19-8-11-23(31-15-7-2)24(16-19)30-5)25(27)13-9-20-17-21(28-3)10-12-22(20)29-4/h8,10-12,16-17H,6-7,9,13-15,18H2,1-5H3. The van der Waals surface area contributed by atoms with Crippen molar-refractivity contribution in [3.63, 3.8) is 0 Å². The number of benzene rings is 2. The minimum Gasteiger partial charge on any atom is -0.497 e. The van der Waals surface area contributed by atoms with Crippen molar-refractivity contribution in [1.82, 2.24) is 4.90 Å². The van der Waals surface area contributed by atoms with Gasteiger partial charge in [0.05, 0.1) is 27.9 Å². The predicted molar refractivity (Wildman–Crippen MR) is 122 cm³/mol. The number of hydrogen-bond acceptors (Lipinski definition) is 5. The average Bonchev–Trinajstić information content (AvgIpc) is 2.80. The Morgan fingerprint density at radius 2 is 1.61 bits per heavy atom. The number of hydrogen-bond donors (Lipinski definition) is 0. The second kappa shape index (κ2) is 12.7. The summed E-state index contributed by atoms with van der Waals surface area (Å²) in [5.41, 5.74) is 1.98. The molecule has 2 aromatic rings. The van der Waals surface area contributed by atoms with Gasteiger partial charge >= 0.3 is 0 Å². The van der Waals surface area contributed by atoms with Crippen molar-refractivity contribution < 1.29 is 23.7 Å². The van der Waals surface area contributed by atoms with E-state index >= 15 is 0 Å². The Balaban J connectivity index is 2.09. The molecule has 0 bridgehead atoms. The highest BCUT2D eigenvalue weighted by atomic mass is 16.5. The van der Waals surface area contributed by atoms with Crippen LogP contribution in [0.1, 0.15) is 44.2 Å². The zero-order valence-corrected chi connectivity index (χ0v) is 19.4. The topological polar surface area (TPSA) is 57.2 Å². The maximum atomic E-state index is 13.0. The maximum absolute atomic E-state index is 13.0. The molecule has 0 saturated heterocycles. The number of aryl methyl sites for hydroxylation is 1. The summed E-state index contributed by atoms with van der Waals surface area (Å²) in [7, 11) is 4.90. The average molecular weight is 430 g/mol. The molecule has 6 heteroatoms. The summed E-state index contributed by atoms with van der Waals surface area (Å²) in [4.78, 5) is 14.9. The minimum absolute atomic E-state index is 0.108. The van der Waals surface area contributed by atoms with E-state index < -0.39 is 0 Å². The van der Waals surface area contributed by atoms with Crippen LogP contribution in [0, 0.1) is 0 Å². The van der Waals surface area contributed by atoms with Gasteiger partial charge in [0.2, 0.25) is 5.91 Å². The zero-order valence-electron chi connectivity index (χ0n) is 19.4. The lowest BCUT2D eigenvalue weighted by molar-refractivity contribution is -0.131. The SMILES string of the molecule is CCCOc1ccc(CN(CCC)C(=O)CCc2cc(OC)ccc2OC)cc1OC. The fourth-order valence-corrected chi connectivity index (χ4v) is 3.40. The largest absolute Gasteiger partial charge is 0.497 e. The van der Waals surface area contributed by atoms with Crippen molar-refractivity contribution in [3.05, 3.63) is 47.5 Å². The normalized spacial score (nSPS) is 10.5. The Bertz CT molecular complexity index is 837. The van der Waals surface area contributed by atoms with Crippen LogP contribution >= 0.6 is 0 Å². The summed E-state index contributed by atoms with van der Waals surface area (Å²) < 4.78 is 22.0. The van der Waals surface area contributed by atoms with Crippen molar-refractivity contribution >= 4 is 5.91 Å². The molecule has 1 amide bonds. The second-order valence-electron chi connectivity index (χ2n) is 7.33. The summed E-state index contributed by atoms with van der Waals surface area (Å²) in [6.45, 7) is 6.02. The molecule has 0 aliphatic rings. The van der Waals surface area contributed by atoms with Gasteiger partial charge in [0.25, 0.3) is 0 Å². The van der Waals surface area contributed by atoms with Crippen LogP contribution in [0.2, 0.25) is 0 Å². The molecule has 0 aromatic heterocycles. The third-order valence-corrected chi connectivity index (χ3v) is 5.01. The minimum atomic E-state index is 0.108. The van der Waals surface area contributed by atoms with Gasteiger partial charge in [-0.05, 0) is 60.7 Å². The summed E-state index contributed by atoms with van der Waals surface area (Å²) in [6, 6.07) is 11.5. The molecule has 170 valence electrons. The number of carbonyl (C=O) groups excluding carboxylic acids is 1. The predicted octanol–water partition coefficient (Wildman–Crippen LogP) is 4.87. The molecular weight excluding hydrogens is 394 g/mol. The van der Waals surface area contributed by atoms with Gasteiger partial charge in [-0.25, -0.2) is 0 Å². The quantitative estimate of drug-likeness (QED) is 0.455. The summed E-state index contributed by atoms with van der Waals surface area (Å²) in [5.74, 6) is 3.05. The molecule has 0 atom stereocenters. The second-order valence-corrected chi connectivity index (χ2v) is 7.33. The molecule has 6 nitrogen and oxygen atoms in total. The van der Waals surface area contributed by atoms with E-state index in [9.17, 15) is 4.79 Å². The molecule has 0 unspecified atom stereocenters. The highest BCUT2D eigenvalue weighted by molar-refractivity contribution is 5.76. The van der Waals surface area contributed by atoms with Crippen LogP contribution < -0.4 is 18.9 Å². The van der Waals surface area contributed by atoms with Crippen molar-refractivity contribution in [3.8, 4) is 23.0 Å². The van der Waals surface area contributed by atoms with E-state index in [4.69, 9.17) is 18.9 Å². The van der Waals surface area contributed by atoms with Gasteiger partial charge in [-0.2, -0.15) is 0 Å². The van der Waals surface area contributed by atoms with Gasteiger partial charge < -0.3 is 23.8 Å². The summed E-state index contributed by atoms with van der Waals surface area (Å²) >= 11 is 0. The number of amides is 1. The molecule has 0 heterocycles. The zero-order chi connectivity index (χ0) is 22.6. The number of nitrogens with zero attached hydrogens (tertiary/aromatic N) is 1. The Labute approximate surface area is 186 Å². The van der Waals surface area contributed by atoms with Crippen LogP contribution in [0.15, 0.2) is 36.4 Å². The fourth-order valence-electron chi connectivity index (χ4n) is 3.40.